The molecule has 0 saturated carbocycles. The first-order chi connectivity index (χ1) is 12.6. The molecular formula is C21H27ClN3O+. The molecule has 5 heteroatoms. The quantitative estimate of drug-likeness (QED) is 0.810. The number of piperazine rings is 1. The van der Waals surface area contributed by atoms with Crippen LogP contribution >= 0.6 is 11.6 Å². The fourth-order valence-electron chi connectivity index (χ4n) is 3.45. The summed E-state index contributed by atoms with van der Waals surface area (Å²) in [5, 5.41) is 3.83. The first kappa shape index (κ1) is 18.7. The summed E-state index contributed by atoms with van der Waals surface area (Å²) in [7, 11) is 0. The van der Waals surface area contributed by atoms with Gasteiger partial charge in [0, 0.05) is 17.3 Å². The maximum Gasteiger partial charge on any atom is 0.275 e. The lowest BCUT2D eigenvalue weighted by molar-refractivity contribution is -0.892. The summed E-state index contributed by atoms with van der Waals surface area (Å²) >= 11 is 6.08. The number of aryl methyl sites for hydroxylation is 1. The Morgan fingerprint density at radius 2 is 1.92 bits per heavy atom. The van der Waals surface area contributed by atoms with Crippen LogP contribution in [0.1, 0.15) is 11.1 Å². The number of amides is 1. The highest BCUT2D eigenvalue weighted by Gasteiger charge is 2.22. The van der Waals surface area contributed by atoms with Crippen molar-refractivity contribution in [2.24, 2.45) is 0 Å². The molecule has 3 rings (SSSR count). The second-order valence-corrected chi connectivity index (χ2v) is 7.36. The Morgan fingerprint density at radius 3 is 2.65 bits per heavy atom. The number of carbonyl (C=O) groups is 1. The average Bonchev–Trinajstić information content (AvgIpc) is 2.64. The van der Waals surface area contributed by atoms with E-state index in [9.17, 15) is 4.79 Å². The number of halogens is 1. The van der Waals surface area contributed by atoms with Gasteiger partial charge in [0.25, 0.3) is 5.91 Å². The Labute approximate surface area is 160 Å². The molecule has 0 unspecified atom stereocenters. The van der Waals surface area contributed by atoms with Crippen molar-refractivity contribution >= 4 is 23.2 Å². The zero-order valence-corrected chi connectivity index (χ0v) is 16.1. The summed E-state index contributed by atoms with van der Waals surface area (Å²) in [5.41, 5.74) is 3.75. The van der Waals surface area contributed by atoms with E-state index in [0.717, 1.165) is 37.6 Å². The van der Waals surface area contributed by atoms with Crippen LogP contribution in [0.25, 0.3) is 0 Å². The Balaban J connectivity index is 1.39. The van der Waals surface area contributed by atoms with Crippen LogP contribution in [-0.4, -0.2) is 45.2 Å². The van der Waals surface area contributed by atoms with Crippen LogP contribution in [0, 0.1) is 6.92 Å². The van der Waals surface area contributed by atoms with Crippen molar-refractivity contribution in [2.45, 2.75) is 13.3 Å². The van der Waals surface area contributed by atoms with E-state index >= 15 is 0 Å². The predicted octanol–water partition coefficient (Wildman–Crippen LogP) is 1.71. The minimum Gasteiger partial charge on any atom is -0.360 e. The van der Waals surface area contributed by atoms with Gasteiger partial charge in [-0.3, -0.25) is 4.79 Å². The molecule has 2 aromatic rings. The van der Waals surface area contributed by atoms with Crippen LogP contribution in [0.5, 0.6) is 0 Å². The van der Waals surface area contributed by atoms with E-state index in [1.807, 2.05) is 30.3 Å². The number of benzene rings is 2. The normalized spacial score (nSPS) is 15.1. The third kappa shape index (κ3) is 5.23. The summed E-state index contributed by atoms with van der Waals surface area (Å²) in [5.74, 6) is 0.143. The van der Waals surface area contributed by atoms with Gasteiger partial charge in [-0.1, -0.05) is 41.9 Å². The zero-order chi connectivity index (χ0) is 18.4. The first-order valence-electron chi connectivity index (χ1n) is 9.27. The highest BCUT2D eigenvalue weighted by molar-refractivity contribution is 6.30. The number of carbonyl (C=O) groups excluding carboxylic acids is 1. The molecule has 0 aromatic heterocycles. The van der Waals surface area contributed by atoms with Crippen molar-refractivity contribution in [1.82, 2.24) is 5.32 Å². The minimum absolute atomic E-state index is 0.143. The van der Waals surface area contributed by atoms with Crippen LogP contribution < -0.4 is 15.1 Å². The van der Waals surface area contributed by atoms with Gasteiger partial charge in [0.15, 0.2) is 6.54 Å². The summed E-state index contributed by atoms with van der Waals surface area (Å²) in [6, 6.07) is 16.3. The van der Waals surface area contributed by atoms with Crippen molar-refractivity contribution in [2.75, 3.05) is 44.2 Å². The Morgan fingerprint density at radius 1 is 1.15 bits per heavy atom. The number of rotatable bonds is 6. The minimum atomic E-state index is 0.143. The molecular weight excluding hydrogens is 346 g/mol. The Hall–Kier alpha value is -2.04. The van der Waals surface area contributed by atoms with Gasteiger partial charge in [-0.25, -0.2) is 0 Å². The van der Waals surface area contributed by atoms with Gasteiger partial charge in [0.2, 0.25) is 0 Å². The van der Waals surface area contributed by atoms with Gasteiger partial charge in [0.05, 0.1) is 26.2 Å². The van der Waals surface area contributed by atoms with E-state index in [4.69, 9.17) is 11.6 Å². The molecule has 1 aliphatic rings. The average molecular weight is 373 g/mol. The lowest BCUT2D eigenvalue weighted by Gasteiger charge is -2.33. The number of nitrogens with one attached hydrogen (secondary N) is 2. The van der Waals surface area contributed by atoms with Gasteiger partial charge in [-0.05, 0) is 42.7 Å². The highest BCUT2D eigenvalue weighted by Crippen LogP contribution is 2.19. The van der Waals surface area contributed by atoms with Crippen LogP contribution in [0.2, 0.25) is 5.02 Å². The van der Waals surface area contributed by atoms with E-state index in [1.54, 1.807) is 0 Å². The van der Waals surface area contributed by atoms with Crippen LogP contribution in [0.15, 0.2) is 48.5 Å². The number of nitrogens with zero attached hydrogens (tertiary/aromatic N) is 1. The molecule has 1 fully saturated rings. The largest absolute Gasteiger partial charge is 0.360 e. The fourth-order valence-corrected chi connectivity index (χ4v) is 3.63. The van der Waals surface area contributed by atoms with Crippen LogP contribution in [-0.2, 0) is 11.2 Å². The second-order valence-electron chi connectivity index (χ2n) is 6.92. The number of anilines is 1. The number of quaternary nitrogens is 1. The Kier molecular flexibility index (Phi) is 6.53. The van der Waals surface area contributed by atoms with Gasteiger partial charge in [0.1, 0.15) is 0 Å². The van der Waals surface area contributed by atoms with E-state index in [2.05, 4.69) is 35.3 Å². The lowest BCUT2D eigenvalue weighted by Crippen LogP contribution is -3.16. The van der Waals surface area contributed by atoms with E-state index in [-0.39, 0.29) is 5.91 Å². The van der Waals surface area contributed by atoms with Crippen molar-refractivity contribution < 1.29 is 9.69 Å². The van der Waals surface area contributed by atoms with Crippen molar-refractivity contribution in [1.29, 1.82) is 0 Å². The second kappa shape index (κ2) is 9.06. The molecule has 2 N–H and O–H groups in total. The third-order valence-corrected chi connectivity index (χ3v) is 5.27. The standard InChI is InChI=1S/C21H26ClN3O/c1-17-5-2-3-6-18(17)9-10-23-21(26)16-24-11-13-25(14-12-24)20-8-4-7-19(22)15-20/h2-8,15H,9-14,16H2,1H3,(H,23,26)/p+1. The molecule has 2 aromatic carbocycles. The monoisotopic (exact) mass is 372 g/mol. The van der Waals surface area contributed by atoms with Gasteiger partial charge in [-0.15, -0.1) is 0 Å². The molecule has 1 saturated heterocycles. The predicted molar refractivity (Wildman–Crippen MR) is 107 cm³/mol. The van der Waals surface area contributed by atoms with Gasteiger partial charge < -0.3 is 15.1 Å². The van der Waals surface area contributed by atoms with Crippen molar-refractivity contribution in [3.05, 3.63) is 64.7 Å². The van der Waals surface area contributed by atoms with E-state index in [0.29, 0.717) is 13.1 Å². The van der Waals surface area contributed by atoms with Crippen molar-refractivity contribution in [3.63, 3.8) is 0 Å². The van der Waals surface area contributed by atoms with Gasteiger partial charge in [-0.2, -0.15) is 0 Å². The summed E-state index contributed by atoms with van der Waals surface area (Å²) in [4.78, 5) is 15.9. The molecule has 0 aliphatic carbocycles. The maximum absolute atomic E-state index is 12.2. The van der Waals surface area contributed by atoms with E-state index in [1.165, 1.54) is 21.7 Å². The summed E-state index contributed by atoms with van der Waals surface area (Å²) < 4.78 is 0. The zero-order valence-electron chi connectivity index (χ0n) is 15.3. The fraction of sp³-hybridized carbons (Fsp3) is 0.381. The molecule has 1 heterocycles. The molecule has 4 nitrogen and oxygen atoms in total. The van der Waals surface area contributed by atoms with Crippen LogP contribution in [0.4, 0.5) is 5.69 Å². The number of hydrogen-bond donors (Lipinski definition) is 2. The van der Waals surface area contributed by atoms with E-state index < -0.39 is 0 Å². The van der Waals surface area contributed by atoms with Gasteiger partial charge >= 0.3 is 0 Å². The molecule has 0 spiro atoms. The molecule has 1 amide bonds. The maximum atomic E-state index is 12.2. The molecule has 1 aliphatic heterocycles. The SMILES string of the molecule is Cc1ccccc1CCNC(=O)C[NH+]1CCN(c2cccc(Cl)c2)CC1. The lowest BCUT2D eigenvalue weighted by atomic mass is 10.1. The van der Waals surface area contributed by atoms with Crippen LogP contribution in [0.3, 0.4) is 0 Å². The third-order valence-electron chi connectivity index (χ3n) is 5.03. The topological polar surface area (TPSA) is 36.8 Å². The Bertz CT molecular complexity index is 742. The molecule has 0 bridgehead atoms. The molecule has 26 heavy (non-hydrogen) atoms. The molecule has 0 radical (unpaired) electrons. The molecule has 0 atom stereocenters. The summed E-state index contributed by atoms with van der Waals surface area (Å²) in [6.07, 6.45) is 0.885. The number of hydrogen-bond acceptors (Lipinski definition) is 2. The highest BCUT2D eigenvalue weighted by atomic mass is 35.5. The van der Waals surface area contributed by atoms with Crippen molar-refractivity contribution in [3.8, 4) is 0 Å². The smallest absolute Gasteiger partial charge is 0.275 e. The molecule has 138 valence electrons. The summed E-state index contributed by atoms with van der Waals surface area (Å²) in [6.45, 7) is 7.21. The first-order valence-corrected chi connectivity index (χ1v) is 9.65.